The maximum absolute atomic E-state index is 10.3. The van der Waals surface area contributed by atoms with Crippen molar-refractivity contribution < 1.29 is 9.53 Å². The minimum atomic E-state index is -0.667. The van der Waals surface area contributed by atoms with E-state index in [9.17, 15) is 4.79 Å². The molecule has 0 rings (SSSR count). The Morgan fingerprint density at radius 1 is 1.60 bits per heavy atom. The van der Waals surface area contributed by atoms with E-state index in [-0.39, 0.29) is 31.4 Å². The first-order valence-corrected chi connectivity index (χ1v) is 2.26. The van der Waals surface area contributed by atoms with Gasteiger partial charge in [0.2, 0.25) is 0 Å². The molecule has 0 aromatic rings. The standard InChI is InChI=1S/C4H10N2O2.2ClH/c1-8-4(7)3(6)2-5;;/h3H,2,5-6H2,1H3;2*1H/t3-;;/m0../s1. The van der Waals surface area contributed by atoms with E-state index in [1.807, 2.05) is 0 Å². The van der Waals surface area contributed by atoms with E-state index in [0.29, 0.717) is 0 Å². The molecule has 64 valence electrons. The summed E-state index contributed by atoms with van der Waals surface area (Å²) < 4.78 is 4.26. The van der Waals surface area contributed by atoms with Gasteiger partial charge in [0.15, 0.2) is 0 Å². The third-order valence-electron chi connectivity index (χ3n) is 0.758. The Labute approximate surface area is 72.1 Å². The molecule has 0 saturated heterocycles. The lowest BCUT2D eigenvalue weighted by atomic mass is 10.3. The van der Waals surface area contributed by atoms with E-state index in [1.165, 1.54) is 7.11 Å². The van der Waals surface area contributed by atoms with Crippen molar-refractivity contribution in [3.05, 3.63) is 0 Å². The Morgan fingerprint density at radius 2 is 2.00 bits per heavy atom. The summed E-state index contributed by atoms with van der Waals surface area (Å²) in [7, 11) is 1.28. The topological polar surface area (TPSA) is 78.3 Å². The van der Waals surface area contributed by atoms with Crippen LogP contribution in [-0.2, 0) is 9.53 Å². The maximum atomic E-state index is 10.3. The van der Waals surface area contributed by atoms with Gasteiger partial charge in [-0.25, -0.2) is 0 Å². The van der Waals surface area contributed by atoms with Crippen LogP contribution < -0.4 is 11.5 Å². The molecule has 1 atom stereocenters. The zero-order valence-corrected chi connectivity index (χ0v) is 7.21. The number of nitrogens with two attached hydrogens (primary N) is 2. The number of carbonyl (C=O) groups excluding carboxylic acids is 1. The number of esters is 1. The fraction of sp³-hybridized carbons (Fsp3) is 0.750. The summed E-state index contributed by atoms with van der Waals surface area (Å²) in [6, 6.07) is -0.667. The fourth-order valence-corrected chi connectivity index (χ4v) is 0.248. The molecule has 10 heavy (non-hydrogen) atoms. The third kappa shape index (κ3) is 6.10. The molecule has 0 amide bonds. The van der Waals surface area contributed by atoms with E-state index in [4.69, 9.17) is 11.5 Å². The number of methoxy groups -OCH3 is 1. The molecular weight excluding hydrogens is 179 g/mol. The van der Waals surface area contributed by atoms with Gasteiger partial charge in [-0.15, -0.1) is 24.8 Å². The van der Waals surface area contributed by atoms with Crippen LogP contribution in [0.25, 0.3) is 0 Å². The van der Waals surface area contributed by atoms with Crippen molar-refractivity contribution in [1.82, 2.24) is 0 Å². The molecule has 6 heteroatoms. The van der Waals surface area contributed by atoms with Gasteiger partial charge in [0.1, 0.15) is 6.04 Å². The van der Waals surface area contributed by atoms with E-state index >= 15 is 0 Å². The van der Waals surface area contributed by atoms with Gasteiger partial charge in [-0.1, -0.05) is 0 Å². The lowest BCUT2D eigenvalue weighted by Crippen LogP contribution is -2.38. The highest BCUT2D eigenvalue weighted by molar-refractivity contribution is 5.85. The number of carbonyl (C=O) groups is 1. The van der Waals surface area contributed by atoms with Crippen molar-refractivity contribution in [1.29, 1.82) is 0 Å². The molecular formula is C4H12Cl2N2O2. The quantitative estimate of drug-likeness (QED) is 0.565. The average molecular weight is 191 g/mol. The second kappa shape index (κ2) is 8.97. The van der Waals surface area contributed by atoms with Gasteiger partial charge < -0.3 is 16.2 Å². The summed E-state index contributed by atoms with van der Waals surface area (Å²) in [4.78, 5) is 10.3. The molecule has 0 unspecified atom stereocenters. The highest BCUT2D eigenvalue weighted by atomic mass is 35.5. The van der Waals surface area contributed by atoms with Crippen LogP contribution in [0.4, 0.5) is 0 Å². The monoisotopic (exact) mass is 190 g/mol. The zero-order valence-electron chi connectivity index (χ0n) is 5.57. The van der Waals surface area contributed by atoms with E-state index in [2.05, 4.69) is 4.74 Å². The van der Waals surface area contributed by atoms with Crippen LogP contribution >= 0.6 is 24.8 Å². The Bertz CT molecular complexity index is 91.3. The first-order valence-electron chi connectivity index (χ1n) is 2.26. The highest BCUT2D eigenvalue weighted by Crippen LogP contribution is 1.76. The van der Waals surface area contributed by atoms with Crippen LogP contribution in [0.3, 0.4) is 0 Å². The second-order valence-corrected chi connectivity index (χ2v) is 1.37. The number of halogens is 2. The van der Waals surface area contributed by atoms with Gasteiger partial charge >= 0.3 is 5.97 Å². The summed E-state index contributed by atoms with van der Waals surface area (Å²) in [5.41, 5.74) is 10.2. The molecule has 0 saturated carbocycles. The van der Waals surface area contributed by atoms with Gasteiger partial charge in [0.25, 0.3) is 0 Å². The fourth-order valence-electron chi connectivity index (χ4n) is 0.248. The smallest absolute Gasteiger partial charge is 0.323 e. The van der Waals surface area contributed by atoms with Crippen molar-refractivity contribution in [3.8, 4) is 0 Å². The Balaban J connectivity index is -0.000000245. The molecule has 0 aliphatic carbocycles. The first kappa shape index (κ1) is 16.5. The minimum absolute atomic E-state index is 0. The molecule has 0 radical (unpaired) electrons. The lowest BCUT2D eigenvalue weighted by molar-refractivity contribution is -0.141. The predicted molar refractivity (Wildman–Crippen MR) is 43.5 cm³/mol. The van der Waals surface area contributed by atoms with E-state index in [1.54, 1.807) is 0 Å². The minimum Gasteiger partial charge on any atom is -0.468 e. The maximum Gasteiger partial charge on any atom is 0.323 e. The van der Waals surface area contributed by atoms with Crippen LogP contribution in [0.15, 0.2) is 0 Å². The summed E-state index contributed by atoms with van der Waals surface area (Å²) in [6.45, 7) is 0.132. The largest absolute Gasteiger partial charge is 0.468 e. The SMILES string of the molecule is COC(=O)[C@@H](N)CN.Cl.Cl. The van der Waals surface area contributed by atoms with Crippen molar-refractivity contribution in [3.63, 3.8) is 0 Å². The molecule has 0 fully saturated rings. The number of hydrogen-bond donors (Lipinski definition) is 2. The zero-order chi connectivity index (χ0) is 6.57. The van der Waals surface area contributed by atoms with Crippen LogP contribution in [0.1, 0.15) is 0 Å². The lowest BCUT2D eigenvalue weighted by Gasteiger charge is -2.03. The van der Waals surface area contributed by atoms with Crippen LogP contribution in [0.2, 0.25) is 0 Å². The average Bonchev–Trinajstić information content (AvgIpc) is 1.84. The van der Waals surface area contributed by atoms with Gasteiger partial charge in [-0.05, 0) is 0 Å². The molecule has 0 bridgehead atoms. The second-order valence-electron chi connectivity index (χ2n) is 1.37. The Kier molecular flexibility index (Phi) is 14.8. The summed E-state index contributed by atoms with van der Waals surface area (Å²) >= 11 is 0. The van der Waals surface area contributed by atoms with Gasteiger partial charge in [-0.2, -0.15) is 0 Å². The highest BCUT2D eigenvalue weighted by Gasteiger charge is 2.09. The van der Waals surface area contributed by atoms with Crippen molar-refractivity contribution in [2.24, 2.45) is 11.5 Å². The van der Waals surface area contributed by atoms with Gasteiger partial charge in [-0.3, -0.25) is 4.79 Å². The van der Waals surface area contributed by atoms with Crippen molar-refractivity contribution in [2.75, 3.05) is 13.7 Å². The van der Waals surface area contributed by atoms with Crippen LogP contribution in [0.5, 0.6) is 0 Å². The Morgan fingerprint density at radius 3 is 2.10 bits per heavy atom. The number of ether oxygens (including phenoxy) is 1. The summed E-state index contributed by atoms with van der Waals surface area (Å²) in [5, 5.41) is 0. The van der Waals surface area contributed by atoms with Crippen LogP contribution in [-0.4, -0.2) is 25.7 Å². The predicted octanol–water partition coefficient (Wildman–Crippen LogP) is -0.711. The molecule has 0 heterocycles. The molecule has 0 aromatic carbocycles. The molecule has 4 N–H and O–H groups in total. The third-order valence-corrected chi connectivity index (χ3v) is 0.758. The van der Waals surface area contributed by atoms with Gasteiger partial charge in [0.05, 0.1) is 7.11 Å². The first-order chi connectivity index (χ1) is 3.72. The van der Waals surface area contributed by atoms with Crippen LogP contribution in [0, 0.1) is 0 Å². The molecule has 4 nitrogen and oxygen atoms in total. The number of hydrogen-bond acceptors (Lipinski definition) is 4. The van der Waals surface area contributed by atoms with E-state index < -0.39 is 12.0 Å². The molecule has 0 aromatic heterocycles. The van der Waals surface area contributed by atoms with Crippen molar-refractivity contribution in [2.45, 2.75) is 6.04 Å². The van der Waals surface area contributed by atoms with E-state index in [0.717, 1.165) is 0 Å². The Hall–Kier alpha value is -0.0300. The molecule has 0 spiro atoms. The molecule has 0 aliphatic heterocycles. The molecule has 0 aliphatic rings. The van der Waals surface area contributed by atoms with Gasteiger partial charge in [0, 0.05) is 6.54 Å². The normalized spacial score (nSPS) is 10.3. The number of rotatable bonds is 2. The van der Waals surface area contributed by atoms with Crippen molar-refractivity contribution >= 4 is 30.8 Å². The summed E-state index contributed by atoms with van der Waals surface area (Å²) in [5.74, 6) is -0.465. The summed E-state index contributed by atoms with van der Waals surface area (Å²) in [6.07, 6.45) is 0.